The lowest BCUT2D eigenvalue weighted by atomic mass is 10.7. The minimum Gasteiger partial charge on any atom is -0.274 e. The quantitative estimate of drug-likeness (QED) is 0.546. The highest BCUT2D eigenvalue weighted by atomic mass is 35.7. The molecule has 0 aromatic carbocycles. The van der Waals surface area contributed by atoms with Crippen molar-refractivity contribution >= 4 is 37.6 Å². The molecule has 2 N–H and O–H groups in total. The molecule has 0 unspecified atom stereocenters. The first-order valence-corrected chi connectivity index (χ1v) is 6.60. The number of nitrogens with one attached hydrogen (secondary N) is 2. The Labute approximate surface area is 90.2 Å². The van der Waals surface area contributed by atoms with Crippen molar-refractivity contribution in [2.45, 2.75) is 13.8 Å². The number of hydrogen-bond donors (Lipinski definition) is 2. The van der Waals surface area contributed by atoms with Crippen LogP contribution in [0.4, 0.5) is 0 Å². The van der Waals surface area contributed by atoms with Gasteiger partial charge in [0.25, 0.3) is 9.05 Å². The summed E-state index contributed by atoms with van der Waals surface area (Å²) in [7, 11) is 1.31. The van der Waals surface area contributed by atoms with Crippen LogP contribution in [0.1, 0.15) is 13.8 Å². The van der Waals surface area contributed by atoms with E-state index in [1.54, 1.807) is 6.92 Å². The molecule has 0 saturated heterocycles. The van der Waals surface area contributed by atoms with Crippen molar-refractivity contribution in [3.8, 4) is 0 Å². The van der Waals surface area contributed by atoms with Gasteiger partial charge in [-0.2, -0.15) is 9.95 Å². The fraction of sp³-hybridized carbons (Fsp3) is 0.400. The van der Waals surface area contributed by atoms with Gasteiger partial charge < -0.3 is 0 Å². The van der Waals surface area contributed by atoms with Gasteiger partial charge in [0.05, 0.1) is 0 Å². The number of hydrazine groups is 2. The van der Waals surface area contributed by atoms with Crippen molar-refractivity contribution in [3.05, 3.63) is 9.93 Å². The highest BCUT2D eigenvalue weighted by Crippen LogP contribution is 2.30. The number of rotatable bonds is 2. The highest BCUT2D eigenvalue weighted by molar-refractivity contribution is 8.17. The summed E-state index contributed by atoms with van der Waals surface area (Å²) in [6.45, 7) is 2.84. The van der Waals surface area contributed by atoms with Gasteiger partial charge in [0.1, 0.15) is 0 Å². The number of allylic oxidation sites excluding steroid dienone is 1. The molecule has 0 spiro atoms. The minimum atomic E-state index is -3.87. The van der Waals surface area contributed by atoms with E-state index in [2.05, 4.69) is 10.3 Å². The standard InChI is InChI=1S/C5H8ClN3O3S2/c1-3-5(14(6,11)12)9(8-13-3)7-4(2)10/h8H,1-2H3,(H,7,10). The monoisotopic (exact) mass is 257 g/mol. The van der Waals surface area contributed by atoms with Crippen LogP contribution >= 0.6 is 22.6 Å². The zero-order valence-corrected chi connectivity index (χ0v) is 9.76. The van der Waals surface area contributed by atoms with Crippen LogP contribution < -0.4 is 10.3 Å². The summed E-state index contributed by atoms with van der Waals surface area (Å²) < 4.78 is 22.2. The second-order valence-corrected chi connectivity index (χ2v) is 5.98. The Kier molecular flexibility index (Phi) is 3.30. The number of halogens is 1. The molecule has 1 amide bonds. The molecule has 0 atom stereocenters. The van der Waals surface area contributed by atoms with Crippen LogP contribution in [0.25, 0.3) is 0 Å². The maximum atomic E-state index is 11.1. The first kappa shape index (κ1) is 11.6. The molecule has 6 nitrogen and oxygen atoms in total. The molecule has 1 aliphatic heterocycles. The number of nitrogens with zero attached hydrogens (tertiary/aromatic N) is 1. The lowest BCUT2D eigenvalue weighted by Gasteiger charge is -2.18. The molecule has 9 heteroatoms. The van der Waals surface area contributed by atoms with Gasteiger partial charge in [-0.15, -0.1) is 0 Å². The van der Waals surface area contributed by atoms with E-state index >= 15 is 0 Å². The zero-order valence-electron chi connectivity index (χ0n) is 7.37. The van der Waals surface area contributed by atoms with Crippen LogP contribution in [0.3, 0.4) is 0 Å². The van der Waals surface area contributed by atoms with Gasteiger partial charge in [0.15, 0.2) is 5.03 Å². The van der Waals surface area contributed by atoms with Crippen LogP contribution in [0.2, 0.25) is 0 Å². The molecule has 0 fully saturated rings. The minimum absolute atomic E-state index is 0.153. The lowest BCUT2D eigenvalue weighted by Crippen LogP contribution is -2.45. The summed E-state index contributed by atoms with van der Waals surface area (Å²) in [5.41, 5.74) is 2.27. The van der Waals surface area contributed by atoms with Crippen molar-refractivity contribution in [1.82, 2.24) is 15.4 Å². The third-order valence-corrected chi connectivity index (χ3v) is 3.59. The SMILES string of the molecule is CC(=O)NN1NSC(C)=C1S(=O)(=O)Cl. The van der Waals surface area contributed by atoms with Gasteiger partial charge in [-0.1, -0.05) is 0 Å². The Morgan fingerprint density at radius 2 is 2.21 bits per heavy atom. The molecule has 0 aromatic heterocycles. The molecule has 0 aromatic rings. The molecule has 80 valence electrons. The molecule has 0 aliphatic carbocycles. The van der Waals surface area contributed by atoms with E-state index < -0.39 is 15.0 Å². The van der Waals surface area contributed by atoms with Gasteiger partial charge in [-0.25, -0.2) is 8.42 Å². The van der Waals surface area contributed by atoms with Crippen molar-refractivity contribution < 1.29 is 13.2 Å². The summed E-state index contributed by atoms with van der Waals surface area (Å²) in [5, 5.41) is 0.823. The van der Waals surface area contributed by atoms with Gasteiger partial charge in [0.2, 0.25) is 5.91 Å². The van der Waals surface area contributed by atoms with Crippen LogP contribution in [-0.4, -0.2) is 19.4 Å². The molecule has 0 bridgehead atoms. The van der Waals surface area contributed by atoms with Gasteiger partial charge in [-0.3, -0.25) is 10.2 Å². The fourth-order valence-corrected chi connectivity index (χ4v) is 3.27. The van der Waals surface area contributed by atoms with Crippen molar-refractivity contribution in [1.29, 1.82) is 0 Å². The van der Waals surface area contributed by atoms with Crippen LogP contribution in [0.15, 0.2) is 9.93 Å². The molecule has 1 rings (SSSR count). The number of carbonyl (C=O) groups is 1. The van der Waals surface area contributed by atoms with Crippen molar-refractivity contribution in [2.75, 3.05) is 0 Å². The molecular formula is C5H8ClN3O3S2. The van der Waals surface area contributed by atoms with Crippen molar-refractivity contribution in [3.63, 3.8) is 0 Å². The average molecular weight is 258 g/mol. The molecule has 1 aliphatic rings. The number of amides is 1. The second-order valence-electron chi connectivity index (χ2n) is 2.50. The number of carbonyl (C=O) groups excluding carboxylic acids is 1. The Morgan fingerprint density at radius 3 is 2.64 bits per heavy atom. The Bertz CT molecular complexity index is 391. The van der Waals surface area contributed by atoms with E-state index in [1.165, 1.54) is 6.92 Å². The highest BCUT2D eigenvalue weighted by Gasteiger charge is 2.31. The van der Waals surface area contributed by atoms with E-state index in [0.29, 0.717) is 4.91 Å². The predicted octanol–water partition coefficient (Wildman–Crippen LogP) is 0.263. The molecule has 14 heavy (non-hydrogen) atoms. The predicted molar refractivity (Wildman–Crippen MR) is 53.9 cm³/mol. The summed E-state index contributed by atoms with van der Waals surface area (Å²) >= 11 is 1.06. The molecule has 1 heterocycles. The normalized spacial score (nSPS) is 17.5. The Balaban J connectivity index is 2.98. The summed E-state index contributed by atoms with van der Waals surface area (Å²) in [6, 6.07) is 0. The van der Waals surface area contributed by atoms with Gasteiger partial charge in [-0.05, 0) is 18.9 Å². The van der Waals surface area contributed by atoms with E-state index in [4.69, 9.17) is 10.7 Å². The average Bonchev–Trinajstić information content (AvgIpc) is 2.28. The molecular weight excluding hydrogens is 250 g/mol. The first-order valence-electron chi connectivity index (χ1n) is 3.47. The Morgan fingerprint density at radius 1 is 1.64 bits per heavy atom. The largest absolute Gasteiger partial charge is 0.280 e. The van der Waals surface area contributed by atoms with Gasteiger partial charge in [0, 0.05) is 22.5 Å². The fourth-order valence-electron chi connectivity index (χ4n) is 0.868. The van der Waals surface area contributed by atoms with Crippen LogP contribution in [0.5, 0.6) is 0 Å². The lowest BCUT2D eigenvalue weighted by molar-refractivity contribution is -0.123. The maximum Gasteiger partial charge on any atom is 0.280 e. The topological polar surface area (TPSA) is 78.5 Å². The third-order valence-electron chi connectivity index (χ3n) is 1.29. The molecule has 0 saturated carbocycles. The summed E-state index contributed by atoms with van der Waals surface area (Å²) in [4.78, 5) is 13.8. The van der Waals surface area contributed by atoms with Crippen LogP contribution in [0, 0.1) is 0 Å². The Hall–Kier alpha value is -0.440. The molecule has 0 radical (unpaired) electrons. The van der Waals surface area contributed by atoms with E-state index in [-0.39, 0.29) is 5.03 Å². The van der Waals surface area contributed by atoms with E-state index in [0.717, 1.165) is 17.1 Å². The number of hydrogen-bond acceptors (Lipinski definition) is 6. The van der Waals surface area contributed by atoms with E-state index in [1.807, 2.05) is 0 Å². The van der Waals surface area contributed by atoms with Gasteiger partial charge >= 0.3 is 0 Å². The van der Waals surface area contributed by atoms with Crippen LogP contribution in [-0.2, 0) is 13.8 Å². The maximum absolute atomic E-state index is 11.1. The summed E-state index contributed by atoms with van der Waals surface area (Å²) in [6.07, 6.45) is 0. The second kappa shape index (κ2) is 3.97. The van der Waals surface area contributed by atoms with E-state index in [9.17, 15) is 13.2 Å². The zero-order chi connectivity index (χ0) is 10.9. The third kappa shape index (κ3) is 2.53. The summed E-state index contributed by atoms with van der Waals surface area (Å²) in [5.74, 6) is -0.398. The smallest absolute Gasteiger partial charge is 0.274 e. The first-order chi connectivity index (χ1) is 6.32. The van der Waals surface area contributed by atoms with Crippen molar-refractivity contribution in [2.24, 2.45) is 0 Å².